The number of fused-ring (bicyclic) bond motifs is 2. The summed E-state index contributed by atoms with van der Waals surface area (Å²) in [6, 6.07) is 2.68. The number of halogens is 1. The fraction of sp³-hybridized carbons (Fsp3) is 0.583. The third kappa shape index (κ3) is 1.89. The second-order valence-corrected chi connectivity index (χ2v) is 5.09. The quantitative estimate of drug-likeness (QED) is 0.745. The highest BCUT2D eigenvalue weighted by Crippen LogP contribution is 2.27. The molecule has 86 valence electrons. The molecule has 16 heavy (non-hydrogen) atoms. The van der Waals surface area contributed by atoms with Crippen LogP contribution in [0.3, 0.4) is 0 Å². The molecule has 0 saturated carbocycles. The van der Waals surface area contributed by atoms with Gasteiger partial charge in [0, 0.05) is 31.9 Å². The van der Waals surface area contributed by atoms with Crippen LogP contribution in [0.5, 0.6) is 0 Å². The predicted molar refractivity (Wildman–Crippen MR) is 66.1 cm³/mol. The normalized spacial score (nSPS) is 29.2. The van der Waals surface area contributed by atoms with Crippen molar-refractivity contribution in [3.8, 4) is 0 Å². The first-order chi connectivity index (χ1) is 7.83. The van der Waals surface area contributed by atoms with Gasteiger partial charge in [0.1, 0.15) is 0 Å². The van der Waals surface area contributed by atoms with Crippen molar-refractivity contribution < 1.29 is 0 Å². The second kappa shape index (κ2) is 4.22. The van der Waals surface area contributed by atoms with E-state index in [0.29, 0.717) is 6.04 Å². The van der Waals surface area contributed by atoms with Gasteiger partial charge in [0.2, 0.25) is 0 Å². The van der Waals surface area contributed by atoms with E-state index in [2.05, 4.69) is 14.8 Å². The molecule has 0 N–H and O–H groups in total. The number of hydrogen-bond donors (Lipinski definition) is 0. The van der Waals surface area contributed by atoms with Gasteiger partial charge < -0.3 is 4.90 Å². The fourth-order valence-electron chi connectivity index (χ4n) is 2.82. The summed E-state index contributed by atoms with van der Waals surface area (Å²) in [7, 11) is 0. The minimum atomic E-state index is 0.655. The largest absolute Gasteiger partial charge is 0.365 e. The number of aromatic nitrogens is 1. The van der Waals surface area contributed by atoms with Crippen molar-refractivity contribution in [1.29, 1.82) is 0 Å². The lowest BCUT2D eigenvalue weighted by Crippen LogP contribution is -2.56. The van der Waals surface area contributed by atoms with E-state index in [1.165, 1.54) is 38.2 Å². The van der Waals surface area contributed by atoms with E-state index in [1.807, 2.05) is 12.3 Å². The SMILES string of the molecule is Clc1cncc(N2CCN3CCCC2C3)c1. The van der Waals surface area contributed by atoms with E-state index in [9.17, 15) is 0 Å². The van der Waals surface area contributed by atoms with Crippen molar-refractivity contribution in [3.63, 3.8) is 0 Å². The molecule has 2 bridgehead atoms. The minimum Gasteiger partial charge on any atom is -0.365 e. The Labute approximate surface area is 101 Å². The van der Waals surface area contributed by atoms with Crippen LogP contribution >= 0.6 is 11.6 Å². The molecule has 3 heterocycles. The molecule has 0 aromatic carbocycles. The number of rotatable bonds is 1. The van der Waals surface area contributed by atoms with Crippen LogP contribution in [0.1, 0.15) is 12.8 Å². The average Bonchev–Trinajstić information content (AvgIpc) is 2.29. The Morgan fingerprint density at radius 2 is 2.19 bits per heavy atom. The topological polar surface area (TPSA) is 19.4 Å². The highest BCUT2D eigenvalue weighted by molar-refractivity contribution is 6.30. The van der Waals surface area contributed by atoms with E-state index in [-0.39, 0.29) is 0 Å². The molecule has 2 atom stereocenters. The molecule has 3 nitrogen and oxygen atoms in total. The smallest absolute Gasteiger partial charge is 0.0609 e. The summed E-state index contributed by atoms with van der Waals surface area (Å²) >= 11 is 6.00. The molecule has 2 aliphatic rings. The maximum absolute atomic E-state index is 6.00. The Kier molecular flexibility index (Phi) is 2.74. The zero-order chi connectivity index (χ0) is 11.0. The van der Waals surface area contributed by atoms with Gasteiger partial charge in [-0.2, -0.15) is 0 Å². The molecule has 0 aliphatic carbocycles. The Hall–Kier alpha value is -0.800. The van der Waals surface area contributed by atoms with Gasteiger partial charge in [-0.1, -0.05) is 11.6 Å². The van der Waals surface area contributed by atoms with Gasteiger partial charge in [0.05, 0.1) is 16.9 Å². The molecule has 3 rings (SSSR count). The lowest BCUT2D eigenvalue weighted by molar-refractivity contribution is 0.174. The molecular weight excluding hydrogens is 222 g/mol. The standard InChI is InChI=1S/C12H16ClN3/c13-10-6-12(8-14-7-10)16-5-4-15-3-1-2-11(16)9-15/h6-8,11H,1-5,9H2. The number of nitrogens with zero attached hydrogens (tertiary/aromatic N) is 3. The molecule has 4 heteroatoms. The van der Waals surface area contributed by atoms with Gasteiger partial charge >= 0.3 is 0 Å². The maximum Gasteiger partial charge on any atom is 0.0609 e. The van der Waals surface area contributed by atoms with Crippen LogP contribution in [0.4, 0.5) is 5.69 Å². The first-order valence-electron chi connectivity index (χ1n) is 5.92. The molecule has 2 unspecified atom stereocenters. The van der Waals surface area contributed by atoms with Gasteiger partial charge in [0.15, 0.2) is 0 Å². The molecule has 0 radical (unpaired) electrons. The van der Waals surface area contributed by atoms with Gasteiger partial charge in [0.25, 0.3) is 0 Å². The van der Waals surface area contributed by atoms with Gasteiger partial charge in [-0.25, -0.2) is 0 Å². The fourth-order valence-corrected chi connectivity index (χ4v) is 2.99. The van der Waals surface area contributed by atoms with Crippen molar-refractivity contribution >= 4 is 17.3 Å². The zero-order valence-electron chi connectivity index (χ0n) is 9.27. The maximum atomic E-state index is 6.00. The van der Waals surface area contributed by atoms with Crippen LogP contribution in [0.2, 0.25) is 5.02 Å². The average molecular weight is 238 g/mol. The number of pyridine rings is 1. The van der Waals surface area contributed by atoms with Crippen LogP contribution in [-0.2, 0) is 0 Å². The number of piperazine rings is 1. The minimum absolute atomic E-state index is 0.655. The first-order valence-corrected chi connectivity index (χ1v) is 6.30. The van der Waals surface area contributed by atoms with Crippen LogP contribution in [0, 0.1) is 0 Å². The van der Waals surface area contributed by atoms with Crippen molar-refractivity contribution in [1.82, 2.24) is 9.88 Å². The van der Waals surface area contributed by atoms with Crippen LogP contribution in [0.15, 0.2) is 18.5 Å². The third-order valence-corrected chi connectivity index (χ3v) is 3.81. The summed E-state index contributed by atoms with van der Waals surface area (Å²) in [6.45, 7) is 4.75. The Bertz CT molecular complexity index is 382. The highest BCUT2D eigenvalue weighted by atomic mass is 35.5. The van der Waals surface area contributed by atoms with Gasteiger partial charge in [-0.3, -0.25) is 9.88 Å². The lowest BCUT2D eigenvalue weighted by Gasteiger charge is -2.46. The first kappa shape index (κ1) is 10.4. The Morgan fingerprint density at radius 3 is 3.06 bits per heavy atom. The number of anilines is 1. The van der Waals surface area contributed by atoms with E-state index in [4.69, 9.17) is 11.6 Å². The summed E-state index contributed by atoms with van der Waals surface area (Å²) in [5.41, 5.74) is 1.18. The highest BCUT2D eigenvalue weighted by Gasteiger charge is 2.30. The van der Waals surface area contributed by atoms with Crippen LogP contribution in [0.25, 0.3) is 0 Å². The van der Waals surface area contributed by atoms with E-state index >= 15 is 0 Å². The zero-order valence-corrected chi connectivity index (χ0v) is 10.0. The molecule has 0 spiro atoms. The van der Waals surface area contributed by atoms with Crippen molar-refractivity contribution in [2.24, 2.45) is 0 Å². The Morgan fingerprint density at radius 1 is 1.25 bits per heavy atom. The van der Waals surface area contributed by atoms with Crippen molar-refractivity contribution in [2.75, 3.05) is 31.1 Å². The molecular formula is C12H16ClN3. The van der Waals surface area contributed by atoms with Crippen LogP contribution in [-0.4, -0.2) is 42.1 Å². The number of piperidine rings is 1. The van der Waals surface area contributed by atoms with Gasteiger partial charge in [-0.05, 0) is 25.5 Å². The van der Waals surface area contributed by atoms with Crippen LogP contribution < -0.4 is 4.90 Å². The number of hydrogen-bond acceptors (Lipinski definition) is 3. The molecule has 1 aromatic rings. The monoisotopic (exact) mass is 237 g/mol. The molecule has 1 aromatic heterocycles. The molecule has 2 aliphatic heterocycles. The summed E-state index contributed by atoms with van der Waals surface area (Å²) in [5.74, 6) is 0. The van der Waals surface area contributed by atoms with E-state index < -0.39 is 0 Å². The van der Waals surface area contributed by atoms with E-state index in [1.54, 1.807) is 6.20 Å². The molecule has 0 amide bonds. The Balaban J connectivity index is 1.84. The summed E-state index contributed by atoms with van der Waals surface area (Å²) in [4.78, 5) is 9.20. The van der Waals surface area contributed by atoms with E-state index in [0.717, 1.165) is 11.6 Å². The molecule has 2 fully saturated rings. The van der Waals surface area contributed by atoms with Crippen molar-refractivity contribution in [2.45, 2.75) is 18.9 Å². The summed E-state index contributed by atoms with van der Waals surface area (Å²) in [5, 5.41) is 0.732. The summed E-state index contributed by atoms with van der Waals surface area (Å²) < 4.78 is 0. The van der Waals surface area contributed by atoms with Gasteiger partial charge in [-0.15, -0.1) is 0 Å². The third-order valence-electron chi connectivity index (χ3n) is 3.60. The predicted octanol–water partition coefficient (Wildman–Crippen LogP) is 2.02. The summed E-state index contributed by atoms with van der Waals surface area (Å²) in [6.07, 6.45) is 6.23. The lowest BCUT2D eigenvalue weighted by atomic mass is 10.0. The van der Waals surface area contributed by atoms with Crippen molar-refractivity contribution in [3.05, 3.63) is 23.5 Å². The molecule has 2 saturated heterocycles. The second-order valence-electron chi connectivity index (χ2n) is 4.65.